The number of hydrogen-bond donors (Lipinski definition) is 4. The standard InChI is InChI=1S/C23H24N6O5/c24-15(8-12-5-6-13-3-1-2-4-14(13)7-12)23(32)34-19-18(31)16(9-30)33-22(19)29-11-28-17-20(25)26-10-27-21(17)29/h1-7,10-11,15-16,18-19,22,30-31H,8-9,24H2,(H2,25,26,27)/t15-,16+,18+,19+,22+/m0/s1. The molecule has 0 bridgehead atoms. The van der Waals surface area contributed by atoms with Gasteiger partial charge >= 0.3 is 5.97 Å². The first kappa shape index (κ1) is 22.2. The molecule has 6 N–H and O–H groups in total. The van der Waals surface area contributed by atoms with Crippen molar-refractivity contribution >= 4 is 33.7 Å². The van der Waals surface area contributed by atoms with Crippen LogP contribution in [0.3, 0.4) is 0 Å². The Morgan fingerprint density at radius 3 is 2.76 bits per heavy atom. The van der Waals surface area contributed by atoms with Gasteiger partial charge in [0.05, 0.1) is 12.9 Å². The summed E-state index contributed by atoms with van der Waals surface area (Å²) in [7, 11) is 0. The van der Waals surface area contributed by atoms with E-state index in [1.807, 2.05) is 42.5 Å². The van der Waals surface area contributed by atoms with Crippen molar-refractivity contribution in [1.29, 1.82) is 0 Å². The van der Waals surface area contributed by atoms with E-state index < -0.39 is 43.2 Å². The number of carbonyl (C=O) groups excluding carboxylic acids is 1. The Hall–Kier alpha value is -3.64. The second-order valence-electron chi connectivity index (χ2n) is 8.21. The Bertz CT molecular complexity index is 1340. The zero-order chi connectivity index (χ0) is 23.8. The molecule has 11 heteroatoms. The van der Waals surface area contributed by atoms with Crippen LogP contribution in [0.5, 0.6) is 0 Å². The minimum atomic E-state index is -1.29. The van der Waals surface area contributed by atoms with Crippen LogP contribution in [0, 0.1) is 0 Å². The molecule has 1 fully saturated rings. The predicted molar refractivity (Wildman–Crippen MR) is 122 cm³/mol. The van der Waals surface area contributed by atoms with Crippen LogP contribution in [-0.2, 0) is 20.7 Å². The second-order valence-corrected chi connectivity index (χ2v) is 8.21. The van der Waals surface area contributed by atoms with E-state index in [-0.39, 0.29) is 12.2 Å². The monoisotopic (exact) mass is 464 g/mol. The van der Waals surface area contributed by atoms with Gasteiger partial charge in [0, 0.05) is 0 Å². The Labute approximate surface area is 194 Å². The number of aliphatic hydroxyl groups is 2. The molecule has 176 valence electrons. The van der Waals surface area contributed by atoms with Gasteiger partial charge in [-0.2, -0.15) is 0 Å². The van der Waals surface area contributed by atoms with E-state index in [1.165, 1.54) is 17.2 Å². The summed E-state index contributed by atoms with van der Waals surface area (Å²) >= 11 is 0. The van der Waals surface area contributed by atoms with Crippen LogP contribution >= 0.6 is 0 Å². The highest BCUT2D eigenvalue weighted by Gasteiger charge is 2.48. The predicted octanol–water partition coefficient (Wildman–Crippen LogP) is 0.294. The summed E-state index contributed by atoms with van der Waals surface area (Å²) in [5.74, 6) is -0.532. The van der Waals surface area contributed by atoms with Gasteiger partial charge in [0.25, 0.3) is 0 Å². The Morgan fingerprint density at radius 1 is 1.18 bits per heavy atom. The van der Waals surface area contributed by atoms with Crippen molar-refractivity contribution in [1.82, 2.24) is 19.5 Å². The van der Waals surface area contributed by atoms with Crippen molar-refractivity contribution in [3.05, 3.63) is 60.7 Å². The first-order valence-electron chi connectivity index (χ1n) is 10.8. The van der Waals surface area contributed by atoms with Gasteiger partial charge in [-0.3, -0.25) is 9.36 Å². The molecule has 1 aliphatic rings. The van der Waals surface area contributed by atoms with Crippen LogP contribution in [0.4, 0.5) is 5.82 Å². The molecule has 34 heavy (non-hydrogen) atoms. The van der Waals surface area contributed by atoms with E-state index in [1.54, 1.807) is 0 Å². The fourth-order valence-electron chi connectivity index (χ4n) is 4.20. The van der Waals surface area contributed by atoms with Crippen LogP contribution in [0.15, 0.2) is 55.1 Å². The number of rotatable bonds is 6. The van der Waals surface area contributed by atoms with Crippen molar-refractivity contribution in [3.63, 3.8) is 0 Å². The number of hydrogen-bond acceptors (Lipinski definition) is 10. The first-order valence-corrected chi connectivity index (χ1v) is 10.8. The summed E-state index contributed by atoms with van der Waals surface area (Å²) in [4.78, 5) is 25.2. The normalized spacial score (nSPS) is 23.4. The number of nitrogens with two attached hydrogens (primary N) is 2. The molecule has 0 saturated carbocycles. The molecule has 1 aliphatic heterocycles. The first-order chi connectivity index (χ1) is 16.5. The van der Waals surface area contributed by atoms with Crippen LogP contribution in [-0.4, -0.2) is 66.7 Å². The summed E-state index contributed by atoms with van der Waals surface area (Å²) in [6.45, 7) is -0.474. The maximum Gasteiger partial charge on any atom is 0.323 e. The van der Waals surface area contributed by atoms with Crippen molar-refractivity contribution in [3.8, 4) is 0 Å². The number of imidazole rings is 1. The Balaban J connectivity index is 1.36. The molecule has 3 heterocycles. The number of nitrogen functional groups attached to an aromatic ring is 1. The third-order valence-corrected chi connectivity index (χ3v) is 5.98. The Kier molecular flexibility index (Phi) is 5.84. The van der Waals surface area contributed by atoms with E-state index in [4.69, 9.17) is 20.9 Å². The molecule has 5 atom stereocenters. The van der Waals surface area contributed by atoms with Gasteiger partial charge in [0.15, 0.2) is 23.8 Å². The summed E-state index contributed by atoms with van der Waals surface area (Å²) in [6, 6.07) is 12.8. The lowest BCUT2D eigenvalue weighted by atomic mass is 10.0. The topological polar surface area (TPSA) is 172 Å². The smallest absolute Gasteiger partial charge is 0.323 e. The van der Waals surface area contributed by atoms with Crippen molar-refractivity contribution < 1.29 is 24.5 Å². The van der Waals surface area contributed by atoms with Gasteiger partial charge < -0.3 is 31.2 Å². The average molecular weight is 464 g/mol. The van der Waals surface area contributed by atoms with E-state index >= 15 is 0 Å². The average Bonchev–Trinajstić information content (AvgIpc) is 3.41. The van der Waals surface area contributed by atoms with Crippen LogP contribution < -0.4 is 11.5 Å². The lowest BCUT2D eigenvalue weighted by molar-refractivity contribution is -0.160. The number of ether oxygens (including phenoxy) is 2. The number of carbonyl (C=O) groups is 1. The molecule has 1 saturated heterocycles. The maximum atomic E-state index is 12.9. The number of anilines is 1. The molecular weight excluding hydrogens is 440 g/mol. The van der Waals surface area contributed by atoms with Gasteiger partial charge in [-0.1, -0.05) is 42.5 Å². The summed E-state index contributed by atoms with van der Waals surface area (Å²) in [5.41, 5.74) is 13.6. The van der Waals surface area contributed by atoms with Gasteiger partial charge in [-0.25, -0.2) is 15.0 Å². The largest absolute Gasteiger partial charge is 0.453 e. The van der Waals surface area contributed by atoms with Crippen LogP contribution in [0.25, 0.3) is 21.9 Å². The molecule has 11 nitrogen and oxygen atoms in total. The SMILES string of the molecule is Nc1ncnc2c1ncn2[C@@H]1O[C@H](CO)[C@@H](O)[C@H]1OC(=O)[C@@H](N)Cc1ccc2ccccc2c1. The molecule has 0 spiro atoms. The summed E-state index contributed by atoms with van der Waals surface area (Å²) < 4.78 is 12.9. The third-order valence-electron chi connectivity index (χ3n) is 5.98. The van der Waals surface area contributed by atoms with Gasteiger partial charge in [-0.05, 0) is 22.8 Å². The van der Waals surface area contributed by atoms with Crippen molar-refractivity contribution in [2.45, 2.75) is 37.0 Å². The molecule has 0 amide bonds. The molecule has 0 radical (unpaired) electrons. The van der Waals surface area contributed by atoms with Crippen molar-refractivity contribution in [2.75, 3.05) is 12.3 Å². The number of benzene rings is 2. The highest BCUT2D eigenvalue weighted by Crippen LogP contribution is 2.34. The quantitative estimate of drug-likeness (QED) is 0.291. The third kappa shape index (κ3) is 3.94. The lowest BCUT2D eigenvalue weighted by Gasteiger charge is -2.23. The maximum absolute atomic E-state index is 12.9. The molecule has 0 aliphatic carbocycles. The van der Waals surface area contributed by atoms with E-state index in [0.29, 0.717) is 11.2 Å². The van der Waals surface area contributed by atoms with Crippen LogP contribution in [0.2, 0.25) is 0 Å². The highest BCUT2D eigenvalue weighted by molar-refractivity contribution is 5.83. The lowest BCUT2D eigenvalue weighted by Crippen LogP contribution is -2.42. The fraction of sp³-hybridized carbons (Fsp3) is 0.304. The molecule has 5 rings (SSSR count). The van der Waals surface area contributed by atoms with E-state index in [9.17, 15) is 15.0 Å². The molecule has 2 aromatic carbocycles. The molecule has 4 aromatic rings. The van der Waals surface area contributed by atoms with Gasteiger partial charge in [-0.15, -0.1) is 0 Å². The highest BCUT2D eigenvalue weighted by atomic mass is 16.6. The fourth-order valence-corrected chi connectivity index (χ4v) is 4.20. The zero-order valence-corrected chi connectivity index (χ0v) is 18.1. The zero-order valence-electron chi connectivity index (χ0n) is 18.1. The number of fused-ring (bicyclic) bond motifs is 2. The van der Waals surface area contributed by atoms with Gasteiger partial charge in [0.2, 0.25) is 0 Å². The molecular formula is C23H24N6O5. The second kappa shape index (κ2) is 8.95. The summed E-state index contributed by atoms with van der Waals surface area (Å²) in [6.07, 6.45) is -1.49. The van der Waals surface area contributed by atoms with E-state index in [2.05, 4.69) is 15.0 Å². The molecule has 0 unspecified atom stereocenters. The van der Waals surface area contributed by atoms with Crippen molar-refractivity contribution in [2.24, 2.45) is 5.73 Å². The van der Waals surface area contributed by atoms with E-state index in [0.717, 1.165) is 16.3 Å². The number of aromatic nitrogens is 4. The number of esters is 1. The Morgan fingerprint density at radius 2 is 1.97 bits per heavy atom. The van der Waals surface area contributed by atoms with Crippen LogP contribution in [0.1, 0.15) is 11.8 Å². The van der Waals surface area contributed by atoms with Gasteiger partial charge in [0.1, 0.15) is 30.1 Å². The molecule has 2 aromatic heterocycles. The number of nitrogens with zero attached hydrogens (tertiary/aromatic N) is 4. The summed E-state index contributed by atoms with van der Waals surface area (Å²) in [5, 5.41) is 22.4. The minimum absolute atomic E-state index is 0.173. The minimum Gasteiger partial charge on any atom is -0.453 e. The number of aliphatic hydroxyl groups excluding tert-OH is 2.